The van der Waals surface area contributed by atoms with E-state index in [1.165, 1.54) is 19.1 Å². The van der Waals surface area contributed by atoms with Crippen molar-refractivity contribution in [2.75, 3.05) is 0 Å². The highest BCUT2D eigenvalue weighted by Crippen LogP contribution is 2.35. The number of halogens is 4. The molecule has 0 N–H and O–H groups in total. The topological polar surface area (TPSA) is 17.1 Å². The van der Waals surface area contributed by atoms with Crippen molar-refractivity contribution < 1.29 is 18.0 Å². The summed E-state index contributed by atoms with van der Waals surface area (Å²) in [5.74, 6) is -0.0818. The van der Waals surface area contributed by atoms with Gasteiger partial charge in [0.2, 0.25) is 0 Å². The molecule has 0 atom stereocenters. The predicted octanol–water partition coefficient (Wildman–Crippen LogP) is 3.60. The number of benzene rings is 1. The molecule has 0 saturated heterocycles. The van der Waals surface area contributed by atoms with E-state index in [2.05, 4.69) is 15.9 Å². The van der Waals surface area contributed by atoms with Gasteiger partial charge in [0.1, 0.15) is 5.78 Å². The number of carbonyl (C=O) groups is 1. The zero-order valence-electron chi connectivity index (χ0n) is 7.86. The average molecular weight is 281 g/mol. The standard InChI is InChI=1S/C10H8BrF3O/c1-6(15)4-7-2-3-8(9(11)5-7)10(12,13)14/h2-3,5H,4H2,1H3. The number of ketones is 1. The van der Waals surface area contributed by atoms with Crippen molar-refractivity contribution in [3.63, 3.8) is 0 Å². The second-order valence-corrected chi connectivity index (χ2v) is 4.05. The lowest BCUT2D eigenvalue weighted by atomic mass is 10.1. The highest BCUT2D eigenvalue weighted by molar-refractivity contribution is 9.10. The minimum Gasteiger partial charge on any atom is -0.300 e. The summed E-state index contributed by atoms with van der Waals surface area (Å²) in [7, 11) is 0. The number of Topliss-reactive ketones (excluding diaryl/α,β-unsaturated/α-hetero) is 1. The zero-order chi connectivity index (χ0) is 11.6. The first kappa shape index (κ1) is 12.2. The Morgan fingerprint density at radius 2 is 2.00 bits per heavy atom. The summed E-state index contributed by atoms with van der Waals surface area (Å²) in [5, 5.41) is 0. The smallest absolute Gasteiger partial charge is 0.300 e. The molecule has 15 heavy (non-hydrogen) atoms. The molecule has 1 nitrogen and oxygen atoms in total. The number of hydrogen-bond donors (Lipinski definition) is 0. The van der Waals surface area contributed by atoms with Crippen molar-refractivity contribution in [3.8, 4) is 0 Å². The normalized spacial score (nSPS) is 11.5. The van der Waals surface area contributed by atoms with Gasteiger partial charge in [0.05, 0.1) is 5.56 Å². The van der Waals surface area contributed by atoms with Crippen LogP contribution in [0.25, 0.3) is 0 Å². The molecule has 0 spiro atoms. The van der Waals surface area contributed by atoms with Gasteiger partial charge in [-0.25, -0.2) is 0 Å². The fourth-order valence-corrected chi connectivity index (χ4v) is 1.84. The monoisotopic (exact) mass is 280 g/mol. The summed E-state index contributed by atoms with van der Waals surface area (Å²) in [4.78, 5) is 10.8. The zero-order valence-corrected chi connectivity index (χ0v) is 9.45. The van der Waals surface area contributed by atoms with Crippen LogP contribution in [-0.4, -0.2) is 5.78 Å². The molecule has 1 aromatic carbocycles. The Bertz CT molecular complexity index is 385. The molecule has 0 bridgehead atoms. The molecule has 82 valence electrons. The van der Waals surface area contributed by atoms with Crippen LogP contribution < -0.4 is 0 Å². The third-order valence-electron chi connectivity index (χ3n) is 1.79. The Hall–Kier alpha value is -0.840. The van der Waals surface area contributed by atoms with Crippen LogP contribution in [0.5, 0.6) is 0 Å². The van der Waals surface area contributed by atoms with Crippen LogP contribution in [0.2, 0.25) is 0 Å². The van der Waals surface area contributed by atoms with Crippen LogP contribution in [0.3, 0.4) is 0 Å². The lowest BCUT2D eigenvalue weighted by Gasteiger charge is -2.09. The molecule has 0 heterocycles. The number of carbonyl (C=O) groups excluding carboxylic acids is 1. The molecular weight excluding hydrogens is 273 g/mol. The molecule has 0 saturated carbocycles. The first-order valence-electron chi connectivity index (χ1n) is 4.16. The predicted molar refractivity (Wildman–Crippen MR) is 53.5 cm³/mol. The van der Waals surface area contributed by atoms with Crippen LogP contribution in [0, 0.1) is 0 Å². The fourth-order valence-electron chi connectivity index (χ4n) is 1.19. The van der Waals surface area contributed by atoms with Crippen LogP contribution in [0.15, 0.2) is 22.7 Å². The highest BCUT2D eigenvalue weighted by atomic mass is 79.9. The summed E-state index contributed by atoms with van der Waals surface area (Å²) in [6.07, 6.45) is -4.22. The van der Waals surface area contributed by atoms with Gasteiger partial charge in [0.15, 0.2) is 0 Å². The van der Waals surface area contributed by atoms with Crippen molar-refractivity contribution in [1.29, 1.82) is 0 Å². The Kier molecular flexibility index (Phi) is 3.54. The summed E-state index contributed by atoms with van der Waals surface area (Å²) >= 11 is 2.84. The largest absolute Gasteiger partial charge is 0.417 e. The molecule has 0 aliphatic rings. The second-order valence-electron chi connectivity index (χ2n) is 3.19. The van der Waals surface area contributed by atoms with E-state index in [-0.39, 0.29) is 16.7 Å². The van der Waals surface area contributed by atoms with Crippen LogP contribution in [0.1, 0.15) is 18.1 Å². The molecule has 0 amide bonds. The summed E-state index contributed by atoms with van der Waals surface area (Å²) < 4.78 is 37.0. The van der Waals surface area contributed by atoms with E-state index in [9.17, 15) is 18.0 Å². The first-order chi connectivity index (χ1) is 6.80. The van der Waals surface area contributed by atoms with E-state index >= 15 is 0 Å². The Morgan fingerprint density at radius 3 is 2.40 bits per heavy atom. The van der Waals surface area contributed by atoms with Gasteiger partial charge < -0.3 is 0 Å². The molecule has 0 aromatic heterocycles. The minimum absolute atomic E-state index is 0.0336. The number of hydrogen-bond acceptors (Lipinski definition) is 1. The van der Waals surface area contributed by atoms with Crippen molar-refractivity contribution >= 4 is 21.7 Å². The SMILES string of the molecule is CC(=O)Cc1ccc(C(F)(F)F)c(Br)c1. The minimum atomic E-state index is -4.37. The van der Waals surface area contributed by atoms with E-state index in [4.69, 9.17) is 0 Å². The van der Waals surface area contributed by atoms with Crippen molar-refractivity contribution in [1.82, 2.24) is 0 Å². The molecule has 0 aliphatic heterocycles. The molecule has 1 aromatic rings. The third kappa shape index (κ3) is 3.34. The van der Waals surface area contributed by atoms with E-state index < -0.39 is 11.7 Å². The van der Waals surface area contributed by atoms with E-state index in [0.717, 1.165) is 6.07 Å². The number of rotatable bonds is 2. The lowest BCUT2D eigenvalue weighted by Crippen LogP contribution is -2.06. The molecule has 1 rings (SSSR count). The lowest BCUT2D eigenvalue weighted by molar-refractivity contribution is -0.138. The quantitative estimate of drug-likeness (QED) is 0.809. The maximum absolute atomic E-state index is 12.3. The van der Waals surface area contributed by atoms with Crippen LogP contribution in [-0.2, 0) is 17.4 Å². The summed E-state index contributed by atoms with van der Waals surface area (Å²) in [5.41, 5.74) is -0.155. The van der Waals surface area contributed by atoms with Gasteiger partial charge >= 0.3 is 6.18 Å². The van der Waals surface area contributed by atoms with E-state index in [1.807, 2.05) is 0 Å². The van der Waals surface area contributed by atoms with Gasteiger partial charge in [-0.1, -0.05) is 22.0 Å². The molecule has 5 heteroatoms. The molecular formula is C10H8BrF3O. The molecule has 0 unspecified atom stereocenters. The van der Waals surface area contributed by atoms with Crippen molar-refractivity contribution in [2.45, 2.75) is 19.5 Å². The van der Waals surface area contributed by atoms with Crippen molar-refractivity contribution in [3.05, 3.63) is 33.8 Å². The summed E-state index contributed by atoms with van der Waals surface area (Å²) in [6.45, 7) is 1.39. The maximum Gasteiger partial charge on any atom is 0.417 e. The first-order valence-corrected chi connectivity index (χ1v) is 4.95. The van der Waals surface area contributed by atoms with Crippen LogP contribution in [0.4, 0.5) is 13.2 Å². The van der Waals surface area contributed by atoms with Gasteiger partial charge in [-0.3, -0.25) is 4.79 Å². The number of alkyl halides is 3. The van der Waals surface area contributed by atoms with Crippen molar-refractivity contribution in [2.24, 2.45) is 0 Å². The van der Waals surface area contributed by atoms with Gasteiger partial charge in [-0.2, -0.15) is 13.2 Å². The van der Waals surface area contributed by atoms with Gasteiger partial charge in [0.25, 0.3) is 0 Å². The molecule has 0 fully saturated rings. The molecule has 0 aliphatic carbocycles. The third-order valence-corrected chi connectivity index (χ3v) is 2.45. The average Bonchev–Trinajstić information content (AvgIpc) is 1.99. The highest BCUT2D eigenvalue weighted by Gasteiger charge is 2.32. The van der Waals surface area contributed by atoms with Crippen LogP contribution >= 0.6 is 15.9 Å². The van der Waals surface area contributed by atoms with E-state index in [1.54, 1.807) is 0 Å². The van der Waals surface area contributed by atoms with Gasteiger partial charge in [0, 0.05) is 10.9 Å². The Labute approximate surface area is 93.4 Å². The van der Waals surface area contributed by atoms with Gasteiger partial charge in [-0.05, 0) is 24.6 Å². The van der Waals surface area contributed by atoms with Gasteiger partial charge in [-0.15, -0.1) is 0 Å². The molecule has 0 radical (unpaired) electrons. The Morgan fingerprint density at radius 1 is 1.40 bits per heavy atom. The second kappa shape index (κ2) is 4.35. The Balaban J connectivity index is 3.04. The van der Waals surface area contributed by atoms with E-state index in [0.29, 0.717) is 5.56 Å². The summed E-state index contributed by atoms with van der Waals surface area (Å²) in [6, 6.07) is 3.61. The maximum atomic E-state index is 12.3. The fraction of sp³-hybridized carbons (Fsp3) is 0.300.